The van der Waals surface area contributed by atoms with Crippen LogP contribution in [0.4, 0.5) is 5.69 Å². The Balaban J connectivity index is 2.20. The van der Waals surface area contributed by atoms with Gasteiger partial charge in [-0.3, -0.25) is 14.9 Å². The Bertz CT molecular complexity index is 617. The standard InChI is InChI=1S/C23H39N2O4/c1-4-5-6-7-8-9-10-11-12-13-16-25(2,3)17-18-29-23-15-14-22(24(27)28)19-21(23)20-26/h14-15,19-20H,4-13,16-18H2,1-3H3/q+1. The van der Waals surface area contributed by atoms with Gasteiger partial charge in [0.1, 0.15) is 18.9 Å². The molecule has 0 bridgehead atoms. The number of carbonyl (C=O) groups is 1. The number of nitro groups is 1. The zero-order valence-electron chi connectivity index (χ0n) is 18.5. The maximum atomic E-state index is 11.2. The summed E-state index contributed by atoms with van der Waals surface area (Å²) in [5, 5.41) is 10.8. The number of carbonyl (C=O) groups excluding carboxylic acids is 1. The predicted molar refractivity (Wildman–Crippen MR) is 118 cm³/mol. The number of hydrogen-bond acceptors (Lipinski definition) is 4. The van der Waals surface area contributed by atoms with Crippen molar-refractivity contribution in [3.05, 3.63) is 33.9 Å². The van der Waals surface area contributed by atoms with E-state index in [0.29, 0.717) is 18.6 Å². The minimum atomic E-state index is -0.511. The van der Waals surface area contributed by atoms with Crippen molar-refractivity contribution in [2.45, 2.75) is 71.1 Å². The summed E-state index contributed by atoms with van der Waals surface area (Å²) in [6, 6.07) is 4.13. The predicted octanol–water partition coefficient (Wildman–Crippen LogP) is 5.78. The van der Waals surface area contributed by atoms with Gasteiger partial charge in [-0.05, 0) is 18.9 Å². The van der Waals surface area contributed by atoms with Gasteiger partial charge in [-0.1, -0.05) is 58.3 Å². The number of unbranched alkanes of at least 4 members (excludes halogenated alkanes) is 9. The van der Waals surface area contributed by atoms with Crippen molar-refractivity contribution in [1.82, 2.24) is 0 Å². The molecule has 0 aromatic heterocycles. The van der Waals surface area contributed by atoms with E-state index in [9.17, 15) is 14.9 Å². The first-order valence-corrected chi connectivity index (χ1v) is 11.1. The fourth-order valence-corrected chi connectivity index (χ4v) is 3.41. The third kappa shape index (κ3) is 11.0. The lowest BCUT2D eigenvalue weighted by atomic mass is 10.1. The molecule has 0 unspecified atom stereocenters. The van der Waals surface area contributed by atoms with Crippen molar-refractivity contribution in [1.29, 1.82) is 0 Å². The number of benzene rings is 1. The highest BCUT2D eigenvalue weighted by atomic mass is 16.6. The lowest BCUT2D eigenvalue weighted by Crippen LogP contribution is -2.43. The van der Waals surface area contributed by atoms with Crippen LogP contribution < -0.4 is 4.74 Å². The number of likely N-dealkylation sites (N-methyl/N-ethyl adjacent to an activating group) is 1. The highest BCUT2D eigenvalue weighted by Gasteiger charge is 2.16. The van der Waals surface area contributed by atoms with Crippen LogP contribution in [0.1, 0.15) is 81.5 Å². The van der Waals surface area contributed by atoms with Gasteiger partial charge in [0.25, 0.3) is 5.69 Å². The molecule has 0 fully saturated rings. The summed E-state index contributed by atoms with van der Waals surface area (Å²) in [4.78, 5) is 21.5. The summed E-state index contributed by atoms with van der Waals surface area (Å²) < 4.78 is 6.59. The van der Waals surface area contributed by atoms with E-state index in [0.717, 1.165) is 17.6 Å². The molecule has 0 atom stereocenters. The van der Waals surface area contributed by atoms with Gasteiger partial charge in [-0.25, -0.2) is 0 Å². The molecular weight excluding hydrogens is 368 g/mol. The van der Waals surface area contributed by atoms with Gasteiger partial charge >= 0.3 is 0 Å². The number of nitro benzene ring substituents is 1. The van der Waals surface area contributed by atoms with Crippen molar-refractivity contribution in [3.8, 4) is 5.75 Å². The van der Waals surface area contributed by atoms with Crippen LogP contribution in [0.15, 0.2) is 18.2 Å². The highest BCUT2D eigenvalue weighted by molar-refractivity contribution is 5.80. The van der Waals surface area contributed by atoms with Crippen molar-refractivity contribution >= 4 is 12.0 Å². The van der Waals surface area contributed by atoms with E-state index >= 15 is 0 Å². The van der Waals surface area contributed by atoms with Crippen molar-refractivity contribution in [2.24, 2.45) is 0 Å². The number of aldehydes is 1. The number of hydrogen-bond donors (Lipinski definition) is 0. The van der Waals surface area contributed by atoms with E-state index in [1.165, 1.54) is 82.4 Å². The quantitative estimate of drug-likeness (QED) is 0.108. The second-order valence-electron chi connectivity index (χ2n) is 8.51. The Kier molecular flexibility index (Phi) is 12.2. The van der Waals surface area contributed by atoms with Crippen LogP contribution in [0.25, 0.3) is 0 Å². The molecule has 0 saturated carbocycles. The second-order valence-corrected chi connectivity index (χ2v) is 8.51. The van der Waals surface area contributed by atoms with Crippen LogP contribution in [0.2, 0.25) is 0 Å². The van der Waals surface area contributed by atoms with Gasteiger partial charge in [0.2, 0.25) is 0 Å². The molecule has 29 heavy (non-hydrogen) atoms. The van der Waals surface area contributed by atoms with E-state index < -0.39 is 4.92 Å². The molecule has 0 aliphatic heterocycles. The Morgan fingerprint density at radius 1 is 0.966 bits per heavy atom. The van der Waals surface area contributed by atoms with Gasteiger partial charge in [0, 0.05) is 12.1 Å². The minimum Gasteiger partial charge on any atom is -0.487 e. The number of nitrogens with zero attached hydrogens (tertiary/aromatic N) is 2. The molecule has 6 nitrogen and oxygen atoms in total. The van der Waals surface area contributed by atoms with Crippen LogP contribution >= 0.6 is 0 Å². The molecule has 1 aromatic carbocycles. The zero-order chi connectivity index (χ0) is 21.5. The SMILES string of the molecule is CCCCCCCCCCCC[N+](C)(C)CCOc1ccc([N+](=O)[O-])cc1C=O. The zero-order valence-corrected chi connectivity index (χ0v) is 18.5. The van der Waals surface area contributed by atoms with Crippen molar-refractivity contribution in [3.63, 3.8) is 0 Å². The smallest absolute Gasteiger partial charge is 0.270 e. The maximum absolute atomic E-state index is 11.2. The molecule has 0 N–H and O–H groups in total. The van der Waals surface area contributed by atoms with Gasteiger partial charge in [-0.2, -0.15) is 0 Å². The van der Waals surface area contributed by atoms with Gasteiger partial charge < -0.3 is 9.22 Å². The topological polar surface area (TPSA) is 69.4 Å². The van der Waals surface area contributed by atoms with Crippen molar-refractivity contribution < 1.29 is 18.9 Å². The molecule has 1 rings (SSSR count). The average molecular weight is 408 g/mol. The van der Waals surface area contributed by atoms with Crippen LogP contribution in [-0.2, 0) is 0 Å². The van der Waals surface area contributed by atoms with Gasteiger partial charge in [0.15, 0.2) is 6.29 Å². The van der Waals surface area contributed by atoms with E-state index in [1.807, 2.05) is 0 Å². The van der Waals surface area contributed by atoms with Gasteiger partial charge in [-0.15, -0.1) is 0 Å². The molecule has 0 aliphatic carbocycles. The Hall–Kier alpha value is -1.95. The third-order valence-electron chi connectivity index (χ3n) is 5.40. The first-order valence-electron chi connectivity index (χ1n) is 11.1. The molecule has 0 saturated heterocycles. The largest absolute Gasteiger partial charge is 0.487 e. The maximum Gasteiger partial charge on any atom is 0.270 e. The summed E-state index contributed by atoms with van der Waals surface area (Å²) in [6.07, 6.45) is 13.9. The Morgan fingerprint density at radius 3 is 2.10 bits per heavy atom. The number of rotatable bonds is 17. The summed E-state index contributed by atoms with van der Waals surface area (Å²) in [5.74, 6) is 0.407. The molecule has 0 amide bonds. The summed E-state index contributed by atoms with van der Waals surface area (Å²) in [6.45, 7) is 4.65. The Morgan fingerprint density at radius 2 is 1.55 bits per heavy atom. The van der Waals surface area contributed by atoms with E-state index in [1.54, 1.807) is 0 Å². The lowest BCUT2D eigenvalue weighted by Gasteiger charge is -2.29. The van der Waals surface area contributed by atoms with Gasteiger partial charge in [0.05, 0.1) is 31.1 Å². The number of ether oxygens (including phenoxy) is 1. The summed E-state index contributed by atoms with van der Waals surface area (Å²) in [5.41, 5.74) is 0.121. The van der Waals surface area contributed by atoms with Crippen molar-refractivity contribution in [2.75, 3.05) is 33.8 Å². The van der Waals surface area contributed by atoms with E-state index in [2.05, 4.69) is 21.0 Å². The molecule has 164 valence electrons. The van der Waals surface area contributed by atoms with Crippen LogP contribution in [-0.4, -0.2) is 49.5 Å². The summed E-state index contributed by atoms with van der Waals surface area (Å²) >= 11 is 0. The van der Waals surface area contributed by atoms with Crippen LogP contribution in [0.3, 0.4) is 0 Å². The molecule has 6 heteroatoms. The molecule has 1 aromatic rings. The number of quaternary nitrogens is 1. The lowest BCUT2D eigenvalue weighted by molar-refractivity contribution is -0.890. The van der Waals surface area contributed by atoms with Crippen LogP contribution in [0, 0.1) is 10.1 Å². The second kappa shape index (κ2) is 14.1. The number of non-ortho nitro benzene ring substituents is 1. The monoisotopic (exact) mass is 407 g/mol. The normalized spacial score (nSPS) is 11.4. The molecule has 0 heterocycles. The first kappa shape index (κ1) is 25.1. The summed E-state index contributed by atoms with van der Waals surface area (Å²) in [7, 11) is 4.38. The molecule has 0 radical (unpaired) electrons. The van der Waals surface area contributed by atoms with Crippen LogP contribution in [0.5, 0.6) is 5.75 Å². The minimum absolute atomic E-state index is 0.100. The molecule has 0 aliphatic rings. The fraction of sp³-hybridized carbons (Fsp3) is 0.696. The fourth-order valence-electron chi connectivity index (χ4n) is 3.41. The third-order valence-corrected chi connectivity index (χ3v) is 5.40. The average Bonchev–Trinajstić information content (AvgIpc) is 2.69. The molecule has 0 spiro atoms. The first-order chi connectivity index (χ1) is 13.9. The van der Waals surface area contributed by atoms with E-state index in [4.69, 9.17) is 4.74 Å². The highest BCUT2D eigenvalue weighted by Crippen LogP contribution is 2.23. The van der Waals surface area contributed by atoms with E-state index in [-0.39, 0.29) is 11.3 Å². The Labute approximate surface area is 176 Å². The molecular formula is C23H39N2O4+.